The van der Waals surface area contributed by atoms with E-state index in [1.165, 1.54) is 0 Å². The Hall–Kier alpha value is -0.760. The monoisotopic (exact) mass is 261 g/mol. The van der Waals surface area contributed by atoms with Gasteiger partial charge in [0.25, 0.3) is 10.1 Å². The van der Waals surface area contributed by atoms with Crippen molar-refractivity contribution in [1.82, 2.24) is 0 Å². The summed E-state index contributed by atoms with van der Waals surface area (Å²) in [5.74, 6) is -0.912. The molecule has 0 heterocycles. The first-order valence-electron chi connectivity index (χ1n) is 4.70. The van der Waals surface area contributed by atoms with Gasteiger partial charge in [-0.3, -0.25) is 9.35 Å². The van der Waals surface area contributed by atoms with E-state index >= 15 is 0 Å². The lowest BCUT2D eigenvalue weighted by Gasteiger charge is -2.02. The summed E-state index contributed by atoms with van der Waals surface area (Å²) in [6.07, 6.45) is 2.08. The van der Waals surface area contributed by atoms with Gasteiger partial charge in [-0.2, -0.15) is 8.42 Å². The van der Waals surface area contributed by atoms with Gasteiger partial charge in [0.1, 0.15) is 0 Å². The van der Waals surface area contributed by atoms with Gasteiger partial charge < -0.3 is 5.73 Å². The third-order valence-corrected chi connectivity index (χ3v) is 2.37. The lowest BCUT2D eigenvalue weighted by molar-refractivity contribution is -0.118. The molecule has 3 N–H and O–H groups in total. The van der Waals surface area contributed by atoms with E-state index in [9.17, 15) is 22.0 Å². The van der Waals surface area contributed by atoms with Crippen LogP contribution in [-0.2, 0) is 14.9 Å². The standard InChI is InChI=1S/C6H13FO3S.C2H4FNO/c1-2-3-4-5-6(7)11(8,9)10;3-1-2(4)5/h6H,2-5H2,1H3,(H,8,9,10);1H2,(H2,4,5). The highest BCUT2D eigenvalue weighted by molar-refractivity contribution is 7.86. The molecule has 0 aliphatic carbocycles. The van der Waals surface area contributed by atoms with E-state index in [0.717, 1.165) is 12.8 Å². The number of halogens is 2. The predicted octanol–water partition coefficient (Wildman–Crippen LogP) is 1.19. The first-order chi connectivity index (χ1) is 7.25. The van der Waals surface area contributed by atoms with Gasteiger partial charge in [-0.1, -0.05) is 19.8 Å². The van der Waals surface area contributed by atoms with Gasteiger partial charge >= 0.3 is 0 Å². The van der Waals surface area contributed by atoms with E-state index in [1.54, 1.807) is 0 Å². The molecule has 0 fully saturated rings. The quantitative estimate of drug-likeness (QED) is 0.554. The van der Waals surface area contributed by atoms with Crippen LogP contribution in [0.2, 0.25) is 0 Å². The summed E-state index contributed by atoms with van der Waals surface area (Å²) < 4.78 is 51.4. The highest BCUT2D eigenvalue weighted by Crippen LogP contribution is 2.10. The molecule has 0 aliphatic heterocycles. The predicted molar refractivity (Wildman–Crippen MR) is 55.8 cm³/mol. The minimum absolute atomic E-state index is 0.104. The van der Waals surface area contributed by atoms with Gasteiger partial charge in [0.2, 0.25) is 11.4 Å². The molecular weight excluding hydrogens is 244 g/mol. The summed E-state index contributed by atoms with van der Waals surface area (Å²) in [7, 11) is -4.45. The van der Waals surface area contributed by atoms with Crippen LogP contribution >= 0.6 is 0 Å². The van der Waals surface area contributed by atoms with E-state index in [2.05, 4.69) is 5.73 Å². The molecule has 98 valence electrons. The Balaban J connectivity index is 0. The zero-order valence-electron chi connectivity index (χ0n) is 9.03. The Morgan fingerprint density at radius 2 is 1.88 bits per heavy atom. The number of carbonyl (C=O) groups is 1. The summed E-state index contributed by atoms with van der Waals surface area (Å²) in [6, 6.07) is 0. The van der Waals surface area contributed by atoms with E-state index in [0.29, 0.717) is 6.42 Å². The molecule has 8 heteroatoms. The van der Waals surface area contributed by atoms with E-state index in [4.69, 9.17) is 4.55 Å². The Morgan fingerprint density at radius 3 is 2.12 bits per heavy atom. The third kappa shape index (κ3) is 13.2. The number of rotatable bonds is 6. The van der Waals surface area contributed by atoms with E-state index < -0.39 is 28.2 Å². The molecule has 0 saturated heterocycles. The molecule has 0 aromatic rings. The molecule has 0 aliphatic rings. The van der Waals surface area contributed by atoms with Gasteiger partial charge in [0, 0.05) is 0 Å². The number of alkyl halides is 2. The van der Waals surface area contributed by atoms with Crippen molar-refractivity contribution in [2.75, 3.05) is 6.67 Å². The number of nitrogens with two attached hydrogens (primary N) is 1. The molecule has 0 rings (SSSR count). The Labute approximate surface area is 93.8 Å². The molecule has 0 bridgehead atoms. The van der Waals surface area contributed by atoms with Crippen LogP contribution in [-0.4, -0.2) is 31.1 Å². The number of unbranched alkanes of at least 4 members (excludes halogenated alkanes) is 2. The van der Waals surface area contributed by atoms with Gasteiger partial charge in [0.15, 0.2) is 6.67 Å². The van der Waals surface area contributed by atoms with Crippen LogP contribution in [0.5, 0.6) is 0 Å². The average molecular weight is 261 g/mol. The Bertz CT molecular complexity index is 282. The first-order valence-corrected chi connectivity index (χ1v) is 6.20. The molecule has 0 saturated carbocycles. The SMILES string of the molecule is CCCCCC(F)S(=O)(=O)O.NC(=O)CF. The summed E-state index contributed by atoms with van der Waals surface area (Å²) in [6.45, 7) is 0.876. The van der Waals surface area contributed by atoms with Crippen molar-refractivity contribution < 1.29 is 26.5 Å². The molecule has 0 radical (unpaired) electrons. The van der Waals surface area contributed by atoms with E-state index in [-0.39, 0.29) is 6.42 Å². The maximum atomic E-state index is 12.4. The Kier molecular flexibility index (Phi) is 10.4. The molecule has 5 nitrogen and oxygen atoms in total. The van der Waals surface area contributed by atoms with Crippen LogP contribution in [0.15, 0.2) is 0 Å². The molecule has 16 heavy (non-hydrogen) atoms. The van der Waals surface area contributed by atoms with Crippen LogP contribution in [0.4, 0.5) is 8.78 Å². The van der Waals surface area contributed by atoms with Crippen LogP contribution in [0, 0.1) is 0 Å². The fourth-order valence-electron chi connectivity index (χ4n) is 0.704. The highest BCUT2D eigenvalue weighted by atomic mass is 32.2. The fraction of sp³-hybridized carbons (Fsp3) is 0.875. The second-order valence-electron chi connectivity index (χ2n) is 3.02. The molecular formula is C8H17F2NO4S. The van der Waals surface area contributed by atoms with Crippen LogP contribution in [0.25, 0.3) is 0 Å². The summed E-state index contributed by atoms with van der Waals surface area (Å²) in [5.41, 5.74) is 2.18. The minimum Gasteiger partial charge on any atom is -0.367 e. The molecule has 1 unspecified atom stereocenters. The molecule has 0 aromatic carbocycles. The molecule has 0 aromatic heterocycles. The maximum Gasteiger partial charge on any atom is 0.297 e. The van der Waals surface area contributed by atoms with Crippen molar-refractivity contribution in [1.29, 1.82) is 0 Å². The zero-order chi connectivity index (χ0) is 13.2. The van der Waals surface area contributed by atoms with Crippen molar-refractivity contribution in [3.05, 3.63) is 0 Å². The van der Waals surface area contributed by atoms with Crippen molar-refractivity contribution in [2.45, 2.75) is 38.1 Å². The van der Waals surface area contributed by atoms with Gasteiger partial charge in [-0.25, -0.2) is 8.78 Å². The summed E-state index contributed by atoms with van der Waals surface area (Å²) in [4.78, 5) is 9.22. The second-order valence-corrected chi connectivity index (χ2v) is 4.56. The number of hydrogen-bond acceptors (Lipinski definition) is 3. The molecule has 1 atom stereocenters. The highest BCUT2D eigenvalue weighted by Gasteiger charge is 2.20. The second kappa shape index (κ2) is 9.46. The van der Waals surface area contributed by atoms with Gasteiger partial charge in [0.05, 0.1) is 0 Å². The number of primary amides is 1. The summed E-state index contributed by atoms with van der Waals surface area (Å²) >= 11 is 0. The smallest absolute Gasteiger partial charge is 0.297 e. The zero-order valence-corrected chi connectivity index (χ0v) is 9.84. The molecule has 0 spiro atoms. The minimum atomic E-state index is -4.45. The van der Waals surface area contributed by atoms with Crippen molar-refractivity contribution >= 4 is 16.0 Å². The number of hydrogen-bond donors (Lipinski definition) is 2. The normalized spacial score (nSPS) is 12.5. The topological polar surface area (TPSA) is 97.5 Å². The fourth-order valence-corrected chi connectivity index (χ4v) is 1.17. The van der Waals surface area contributed by atoms with E-state index in [1.807, 2.05) is 6.92 Å². The van der Waals surface area contributed by atoms with Crippen molar-refractivity contribution in [3.63, 3.8) is 0 Å². The van der Waals surface area contributed by atoms with Gasteiger partial charge in [-0.05, 0) is 12.8 Å². The largest absolute Gasteiger partial charge is 0.367 e. The number of carbonyl (C=O) groups excluding carboxylic acids is 1. The van der Waals surface area contributed by atoms with Gasteiger partial charge in [-0.15, -0.1) is 0 Å². The summed E-state index contributed by atoms with van der Waals surface area (Å²) in [5, 5.41) is 0. The third-order valence-electron chi connectivity index (χ3n) is 1.49. The van der Waals surface area contributed by atoms with Crippen LogP contribution in [0.1, 0.15) is 32.6 Å². The molecule has 1 amide bonds. The lowest BCUT2D eigenvalue weighted by Crippen LogP contribution is -2.14. The van der Waals surface area contributed by atoms with Crippen LogP contribution < -0.4 is 5.73 Å². The Morgan fingerprint density at radius 1 is 1.44 bits per heavy atom. The maximum absolute atomic E-state index is 12.4. The van der Waals surface area contributed by atoms with Crippen molar-refractivity contribution in [2.24, 2.45) is 5.73 Å². The van der Waals surface area contributed by atoms with Crippen LogP contribution in [0.3, 0.4) is 0 Å². The lowest BCUT2D eigenvalue weighted by atomic mass is 10.2. The van der Waals surface area contributed by atoms with Crippen molar-refractivity contribution in [3.8, 4) is 0 Å². The first kappa shape index (κ1) is 17.6. The average Bonchev–Trinajstić information content (AvgIpc) is 2.17. The number of amides is 1.